The maximum Gasteiger partial charge on any atom is 0.246 e. The molecule has 0 aromatic carbocycles. The molecule has 2 aliphatic carbocycles. The molecule has 0 heterocycles. The molecule has 0 aromatic rings. The van der Waals surface area contributed by atoms with Gasteiger partial charge in [-0.15, -0.1) is 0 Å². The Bertz CT molecular complexity index is 305. The molecule has 4 atom stereocenters. The lowest BCUT2D eigenvalue weighted by molar-refractivity contribution is -0.130. The zero-order valence-corrected chi connectivity index (χ0v) is 13.2. The van der Waals surface area contributed by atoms with Crippen LogP contribution in [0.4, 0.5) is 0 Å². The summed E-state index contributed by atoms with van der Waals surface area (Å²) in [5, 5.41) is 3.21. The minimum atomic E-state index is 0.0913. The van der Waals surface area contributed by atoms with Crippen molar-refractivity contribution in [1.29, 1.82) is 0 Å². The highest BCUT2D eigenvalue weighted by molar-refractivity contribution is 5.77. The molecule has 2 fully saturated rings. The molecule has 0 bridgehead atoms. The SMILES string of the molecule is CCC1CCCCC1NC(=O)COC1CCCC(C)C1. The van der Waals surface area contributed by atoms with Crippen molar-refractivity contribution < 1.29 is 9.53 Å². The van der Waals surface area contributed by atoms with Crippen LogP contribution in [-0.2, 0) is 9.53 Å². The summed E-state index contributed by atoms with van der Waals surface area (Å²) >= 11 is 0. The van der Waals surface area contributed by atoms with Gasteiger partial charge in [-0.2, -0.15) is 0 Å². The molecule has 2 rings (SSSR count). The molecule has 3 nitrogen and oxygen atoms in total. The van der Waals surface area contributed by atoms with Gasteiger partial charge in [0.05, 0.1) is 6.10 Å². The van der Waals surface area contributed by atoms with Gasteiger partial charge in [0, 0.05) is 6.04 Å². The van der Waals surface area contributed by atoms with Crippen LogP contribution in [0, 0.1) is 11.8 Å². The minimum Gasteiger partial charge on any atom is -0.368 e. The van der Waals surface area contributed by atoms with Gasteiger partial charge >= 0.3 is 0 Å². The summed E-state index contributed by atoms with van der Waals surface area (Å²) in [5.74, 6) is 1.51. The van der Waals surface area contributed by atoms with Crippen LogP contribution in [-0.4, -0.2) is 24.7 Å². The summed E-state index contributed by atoms with van der Waals surface area (Å²) in [4.78, 5) is 12.1. The second-order valence-corrected chi connectivity index (χ2v) is 6.83. The van der Waals surface area contributed by atoms with Crippen molar-refractivity contribution in [2.45, 2.75) is 83.8 Å². The van der Waals surface area contributed by atoms with E-state index in [2.05, 4.69) is 19.2 Å². The molecule has 0 saturated heterocycles. The van der Waals surface area contributed by atoms with Crippen LogP contribution in [0.15, 0.2) is 0 Å². The van der Waals surface area contributed by atoms with Gasteiger partial charge in [0.1, 0.15) is 6.61 Å². The van der Waals surface area contributed by atoms with Crippen molar-refractivity contribution in [2.24, 2.45) is 11.8 Å². The van der Waals surface area contributed by atoms with Crippen molar-refractivity contribution in [3.05, 3.63) is 0 Å². The fourth-order valence-corrected chi connectivity index (χ4v) is 3.86. The Morgan fingerprint density at radius 3 is 2.70 bits per heavy atom. The highest BCUT2D eigenvalue weighted by Gasteiger charge is 2.25. The van der Waals surface area contributed by atoms with Crippen molar-refractivity contribution in [2.75, 3.05) is 6.61 Å². The average molecular weight is 281 g/mol. The summed E-state index contributed by atoms with van der Waals surface area (Å²) in [7, 11) is 0. The molecule has 2 aliphatic rings. The first-order valence-corrected chi connectivity index (χ1v) is 8.60. The van der Waals surface area contributed by atoms with Gasteiger partial charge in [0.25, 0.3) is 0 Å². The predicted octanol–water partition coefficient (Wildman–Crippen LogP) is 3.67. The highest BCUT2D eigenvalue weighted by atomic mass is 16.5. The van der Waals surface area contributed by atoms with Crippen molar-refractivity contribution in [3.63, 3.8) is 0 Å². The van der Waals surface area contributed by atoms with Crippen LogP contribution in [0.1, 0.15) is 71.6 Å². The Kier molecular flexibility index (Phi) is 6.34. The van der Waals surface area contributed by atoms with Gasteiger partial charge in [0.2, 0.25) is 5.91 Å². The van der Waals surface area contributed by atoms with E-state index in [1.807, 2.05) is 0 Å². The molecular weight excluding hydrogens is 250 g/mol. The van der Waals surface area contributed by atoms with E-state index < -0.39 is 0 Å². The zero-order chi connectivity index (χ0) is 14.4. The number of ether oxygens (including phenoxy) is 1. The van der Waals surface area contributed by atoms with E-state index in [0.29, 0.717) is 18.1 Å². The number of rotatable bonds is 5. The largest absolute Gasteiger partial charge is 0.368 e. The van der Waals surface area contributed by atoms with Gasteiger partial charge in [-0.1, -0.05) is 46.0 Å². The zero-order valence-electron chi connectivity index (χ0n) is 13.2. The molecule has 20 heavy (non-hydrogen) atoms. The highest BCUT2D eigenvalue weighted by Crippen LogP contribution is 2.27. The van der Waals surface area contributed by atoms with E-state index in [1.54, 1.807) is 0 Å². The number of amides is 1. The number of hydrogen-bond acceptors (Lipinski definition) is 2. The van der Waals surface area contributed by atoms with E-state index in [-0.39, 0.29) is 12.5 Å². The third-order valence-corrected chi connectivity index (χ3v) is 5.12. The van der Waals surface area contributed by atoms with Crippen molar-refractivity contribution >= 4 is 5.91 Å². The number of carbonyl (C=O) groups is 1. The summed E-state index contributed by atoms with van der Waals surface area (Å²) in [5.41, 5.74) is 0. The van der Waals surface area contributed by atoms with Crippen LogP contribution in [0.3, 0.4) is 0 Å². The smallest absolute Gasteiger partial charge is 0.246 e. The molecule has 0 radical (unpaired) electrons. The average Bonchev–Trinajstić information content (AvgIpc) is 2.46. The molecule has 3 heteroatoms. The molecule has 1 amide bonds. The molecule has 0 aromatic heterocycles. The summed E-state index contributed by atoms with van der Waals surface area (Å²) in [6, 6.07) is 0.384. The maximum absolute atomic E-state index is 12.1. The number of carbonyl (C=O) groups excluding carboxylic acids is 1. The van der Waals surface area contributed by atoms with Crippen LogP contribution in [0.5, 0.6) is 0 Å². The molecular formula is C17H31NO2. The molecule has 2 saturated carbocycles. The molecule has 0 aliphatic heterocycles. The lowest BCUT2D eigenvalue weighted by atomic mass is 9.83. The van der Waals surface area contributed by atoms with Gasteiger partial charge < -0.3 is 10.1 Å². The Labute approximate surface area is 123 Å². The quantitative estimate of drug-likeness (QED) is 0.835. The summed E-state index contributed by atoms with van der Waals surface area (Å²) < 4.78 is 5.81. The summed E-state index contributed by atoms with van der Waals surface area (Å²) in [6.07, 6.45) is 11.3. The standard InChI is InChI=1S/C17H31NO2/c1-3-14-8-4-5-10-16(14)18-17(19)12-20-15-9-6-7-13(2)11-15/h13-16H,3-12H2,1-2H3,(H,18,19). The van der Waals surface area contributed by atoms with Gasteiger partial charge in [-0.3, -0.25) is 4.79 Å². The van der Waals surface area contributed by atoms with Crippen LogP contribution < -0.4 is 5.32 Å². The van der Waals surface area contributed by atoms with Gasteiger partial charge in [-0.25, -0.2) is 0 Å². The third-order valence-electron chi connectivity index (χ3n) is 5.12. The first-order chi connectivity index (χ1) is 9.69. The van der Waals surface area contributed by atoms with E-state index in [1.165, 1.54) is 38.5 Å². The first-order valence-electron chi connectivity index (χ1n) is 8.60. The summed E-state index contributed by atoms with van der Waals surface area (Å²) in [6.45, 7) is 4.77. The van der Waals surface area contributed by atoms with E-state index in [0.717, 1.165) is 25.2 Å². The van der Waals surface area contributed by atoms with E-state index in [4.69, 9.17) is 4.74 Å². The second kappa shape index (κ2) is 8.02. The Morgan fingerprint density at radius 1 is 1.15 bits per heavy atom. The second-order valence-electron chi connectivity index (χ2n) is 6.83. The lowest BCUT2D eigenvalue weighted by Gasteiger charge is -2.32. The van der Waals surface area contributed by atoms with E-state index >= 15 is 0 Å². The Morgan fingerprint density at radius 2 is 1.95 bits per heavy atom. The normalized spacial score (nSPS) is 34.7. The Balaban J connectivity index is 1.69. The lowest BCUT2D eigenvalue weighted by Crippen LogP contribution is -2.44. The topological polar surface area (TPSA) is 38.3 Å². The number of hydrogen-bond donors (Lipinski definition) is 1. The van der Waals surface area contributed by atoms with Gasteiger partial charge in [-0.05, 0) is 37.5 Å². The first kappa shape index (κ1) is 15.8. The predicted molar refractivity (Wildman–Crippen MR) is 81.6 cm³/mol. The molecule has 0 spiro atoms. The fraction of sp³-hybridized carbons (Fsp3) is 0.941. The Hall–Kier alpha value is -0.570. The van der Waals surface area contributed by atoms with Crippen molar-refractivity contribution in [3.8, 4) is 0 Å². The maximum atomic E-state index is 12.1. The van der Waals surface area contributed by atoms with Crippen molar-refractivity contribution in [1.82, 2.24) is 5.32 Å². The monoisotopic (exact) mass is 281 g/mol. The molecule has 116 valence electrons. The minimum absolute atomic E-state index is 0.0913. The van der Waals surface area contributed by atoms with Gasteiger partial charge in [0.15, 0.2) is 0 Å². The van der Waals surface area contributed by atoms with Crippen LogP contribution in [0.25, 0.3) is 0 Å². The molecule has 1 N–H and O–H groups in total. The number of nitrogens with one attached hydrogen (secondary N) is 1. The third kappa shape index (κ3) is 4.76. The van der Waals surface area contributed by atoms with E-state index in [9.17, 15) is 4.79 Å². The fourth-order valence-electron chi connectivity index (χ4n) is 3.86. The van der Waals surface area contributed by atoms with Crippen LogP contribution >= 0.6 is 0 Å². The van der Waals surface area contributed by atoms with Crippen LogP contribution in [0.2, 0.25) is 0 Å². The molecule has 4 unspecified atom stereocenters.